The van der Waals surface area contributed by atoms with E-state index in [1.165, 1.54) is 36.9 Å². The molecule has 2 rings (SSSR count). The van der Waals surface area contributed by atoms with Crippen molar-refractivity contribution in [1.29, 1.82) is 0 Å². The van der Waals surface area contributed by atoms with Gasteiger partial charge in [-0.25, -0.2) is 4.79 Å². The number of esters is 1. The summed E-state index contributed by atoms with van der Waals surface area (Å²) in [5, 5.41) is 1.19. The molecule has 0 radical (unpaired) electrons. The van der Waals surface area contributed by atoms with Crippen LogP contribution in [0.4, 0.5) is 13.2 Å². The molecule has 0 aromatic carbocycles. The predicted molar refractivity (Wildman–Crippen MR) is 65.6 cm³/mol. The van der Waals surface area contributed by atoms with E-state index in [-0.39, 0.29) is 17.0 Å². The minimum Gasteiger partial charge on any atom is -0.465 e. The van der Waals surface area contributed by atoms with Crippen LogP contribution < -0.4 is 4.74 Å². The van der Waals surface area contributed by atoms with E-state index in [9.17, 15) is 18.0 Å². The molecule has 0 saturated heterocycles. The number of carbonyl (C=O) groups excluding carboxylic acids is 1. The zero-order chi connectivity index (χ0) is 14.8. The molecule has 0 amide bonds. The van der Waals surface area contributed by atoms with E-state index in [2.05, 4.69) is 14.5 Å². The van der Waals surface area contributed by atoms with E-state index in [1.54, 1.807) is 0 Å². The number of alkyl halides is 3. The summed E-state index contributed by atoms with van der Waals surface area (Å²) < 4.78 is 44.7. The third-order valence-electron chi connectivity index (χ3n) is 2.26. The van der Waals surface area contributed by atoms with Crippen LogP contribution in [-0.2, 0) is 4.74 Å². The molecule has 0 unspecified atom stereocenters. The molecule has 8 heteroatoms. The first-order valence-electron chi connectivity index (χ1n) is 5.28. The van der Waals surface area contributed by atoms with Gasteiger partial charge in [0.15, 0.2) is 0 Å². The first-order valence-corrected chi connectivity index (χ1v) is 6.16. The summed E-state index contributed by atoms with van der Waals surface area (Å²) in [4.78, 5) is 16.0. The van der Waals surface area contributed by atoms with Crippen molar-refractivity contribution >= 4 is 17.3 Å². The fourth-order valence-corrected chi connectivity index (χ4v) is 2.32. The molecule has 0 aliphatic rings. The highest BCUT2D eigenvalue weighted by molar-refractivity contribution is 7.13. The van der Waals surface area contributed by atoms with Gasteiger partial charge in [-0.3, -0.25) is 4.98 Å². The van der Waals surface area contributed by atoms with Crippen molar-refractivity contribution in [2.75, 3.05) is 7.11 Å². The van der Waals surface area contributed by atoms with Crippen LogP contribution in [0.25, 0.3) is 10.6 Å². The van der Waals surface area contributed by atoms with Gasteiger partial charge in [0.05, 0.1) is 23.2 Å². The third kappa shape index (κ3) is 3.27. The molecule has 0 saturated carbocycles. The second-order valence-electron chi connectivity index (χ2n) is 3.59. The summed E-state index contributed by atoms with van der Waals surface area (Å²) in [6, 6.07) is 4.20. The molecule has 0 fully saturated rings. The number of ether oxygens (including phenoxy) is 2. The summed E-state index contributed by atoms with van der Waals surface area (Å²) in [7, 11) is 1.21. The van der Waals surface area contributed by atoms with E-state index in [1.807, 2.05) is 0 Å². The van der Waals surface area contributed by atoms with Crippen molar-refractivity contribution in [1.82, 2.24) is 4.98 Å². The lowest BCUT2D eigenvalue weighted by atomic mass is 10.1. The fourth-order valence-electron chi connectivity index (χ4n) is 1.51. The summed E-state index contributed by atoms with van der Waals surface area (Å²) >= 11 is 0.990. The molecular weight excluding hydrogens is 295 g/mol. The highest BCUT2D eigenvalue weighted by Crippen LogP contribution is 2.34. The lowest BCUT2D eigenvalue weighted by Gasteiger charge is -2.06. The van der Waals surface area contributed by atoms with Crippen molar-refractivity contribution < 1.29 is 27.4 Å². The molecule has 0 atom stereocenters. The fraction of sp³-hybridized carbons (Fsp3) is 0.167. The normalized spacial score (nSPS) is 11.2. The Kier molecular flexibility index (Phi) is 3.93. The first kappa shape index (κ1) is 14.3. The first-order chi connectivity index (χ1) is 9.40. The quantitative estimate of drug-likeness (QED) is 0.814. The monoisotopic (exact) mass is 303 g/mol. The van der Waals surface area contributed by atoms with Crippen molar-refractivity contribution in [2.45, 2.75) is 6.36 Å². The minimum atomic E-state index is -4.76. The van der Waals surface area contributed by atoms with Gasteiger partial charge < -0.3 is 9.47 Å². The summed E-state index contributed by atoms with van der Waals surface area (Å²) in [6.45, 7) is 0. The number of aromatic nitrogens is 1. The summed E-state index contributed by atoms with van der Waals surface area (Å²) in [5.74, 6) is -0.959. The lowest BCUT2D eigenvalue weighted by molar-refractivity contribution is -0.274. The van der Waals surface area contributed by atoms with Gasteiger partial charge in [-0.1, -0.05) is 0 Å². The second-order valence-corrected chi connectivity index (χ2v) is 4.50. The Morgan fingerprint density at radius 2 is 2.15 bits per heavy atom. The molecule has 2 heterocycles. The number of halogens is 3. The van der Waals surface area contributed by atoms with Crippen LogP contribution in [-0.4, -0.2) is 24.4 Å². The van der Waals surface area contributed by atoms with Crippen LogP contribution >= 0.6 is 11.3 Å². The second kappa shape index (κ2) is 5.49. The van der Waals surface area contributed by atoms with Gasteiger partial charge in [0.25, 0.3) is 0 Å². The van der Waals surface area contributed by atoms with Crippen LogP contribution in [0, 0.1) is 0 Å². The summed E-state index contributed by atoms with van der Waals surface area (Å²) in [5.41, 5.74) is 0.428. The molecule has 20 heavy (non-hydrogen) atoms. The Morgan fingerprint density at radius 3 is 2.80 bits per heavy atom. The van der Waals surface area contributed by atoms with E-state index in [4.69, 9.17) is 0 Å². The van der Waals surface area contributed by atoms with Crippen molar-refractivity contribution in [3.8, 4) is 16.3 Å². The molecule has 2 aromatic rings. The molecule has 4 nitrogen and oxygen atoms in total. The van der Waals surface area contributed by atoms with E-state index >= 15 is 0 Å². The standard InChI is InChI=1S/C12H8F3NO3S/c1-18-11(17)8-3-2-4-16-10(8)9-5-7(6-20-9)19-12(13,14)15/h2-6H,1H3. The van der Waals surface area contributed by atoms with Crippen LogP contribution in [0.2, 0.25) is 0 Å². The Balaban J connectivity index is 2.35. The van der Waals surface area contributed by atoms with Gasteiger partial charge in [0.1, 0.15) is 5.75 Å². The van der Waals surface area contributed by atoms with Crippen molar-refractivity contribution in [2.24, 2.45) is 0 Å². The van der Waals surface area contributed by atoms with E-state index < -0.39 is 12.3 Å². The Bertz CT molecular complexity index is 624. The number of carbonyl (C=O) groups is 1. The summed E-state index contributed by atoms with van der Waals surface area (Å²) in [6.07, 6.45) is -3.32. The lowest BCUT2D eigenvalue weighted by Crippen LogP contribution is -2.16. The predicted octanol–water partition coefficient (Wildman–Crippen LogP) is 3.50. The highest BCUT2D eigenvalue weighted by Gasteiger charge is 2.31. The number of hydrogen-bond donors (Lipinski definition) is 0. The largest absolute Gasteiger partial charge is 0.573 e. The molecule has 0 spiro atoms. The molecule has 0 N–H and O–H groups in total. The number of pyridine rings is 1. The number of methoxy groups -OCH3 is 1. The SMILES string of the molecule is COC(=O)c1cccnc1-c1cc(OC(F)(F)F)cs1. The number of hydrogen-bond acceptors (Lipinski definition) is 5. The van der Waals surface area contributed by atoms with Crippen LogP contribution in [0.3, 0.4) is 0 Å². The van der Waals surface area contributed by atoms with Gasteiger partial charge in [-0.05, 0) is 12.1 Å². The van der Waals surface area contributed by atoms with Crippen LogP contribution in [0.5, 0.6) is 5.75 Å². The maximum atomic E-state index is 12.1. The maximum absolute atomic E-state index is 12.1. The van der Waals surface area contributed by atoms with Gasteiger partial charge >= 0.3 is 12.3 Å². The Morgan fingerprint density at radius 1 is 1.40 bits per heavy atom. The Labute approximate surface area is 115 Å². The third-order valence-corrected chi connectivity index (χ3v) is 3.17. The van der Waals surface area contributed by atoms with Gasteiger partial charge in [0.2, 0.25) is 0 Å². The van der Waals surface area contributed by atoms with Crippen molar-refractivity contribution in [3.05, 3.63) is 35.3 Å². The van der Waals surface area contributed by atoms with E-state index in [0.717, 1.165) is 11.3 Å². The Hall–Kier alpha value is -2.09. The van der Waals surface area contributed by atoms with Crippen LogP contribution in [0.15, 0.2) is 29.8 Å². The average molecular weight is 303 g/mol. The smallest absolute Gasteiger partial charge is 0.465 e. The van der Waals surface area contributed by atoms with Gasteiger partial charge in [0, 0.05) is 17.6 Å². The molecule has 0 aliphatic carbocycles. The number of nitrogens with zero attached hydrogens (tertiary/aromatic N) is 1. The zero-order valence-corrected chi connectivity index (χ0v) is 10.9. The number of thiophene rings is 1. The topological polar surface area (TPSA) is 48.4 Å². The van der Waals surface area contributed by atoms with Gasteiger partial charge in [-0.15, -0.1) is 24.5 Å². The van der Waals surface area contributed by atoms with E-state index in [0.29, 0.717) is 4.88 Å². The molecule has 106 valence electrons. The van der Waals surface area contributed by atoms with Crippen LogP contribution in [0.1, 0.15) is 10.4 Å². The van der Waals surface area contributed by atoms with Crippen molar-refractivity contribution in [3.63, 3.8) is 0 Å². The van der Waals surface area contributed by atoms with Gasteiger partial charge in [-0.2, -0.15) is 0 Å². The molecule has 0 aliphatic heterocycles. The average Bonchev–Trinajstić information content (AvgIpc) is 2.84. The highest BCUT2D eigenvalue weighted by atomic mass is 32.1. The number of rotatable bonds is 3. The minimum absolute atomic E-state index is 0.176. The zero-order valence-electron chi connectivity index (χ0n) is 10.1. The molecule has 2 aromatic heterocycles. The maximum Gasteiger partial charge on any atom is 0.573 e. The molecule has 0 bridgehead atoms. The molecular formula is C12H8F3NO3S.